The van der Waals surface area contributed by atoms with Gasteiger partial charge in [0.05, 0.1) is 39.9 Å². The predicted molar refractivity (Wildman–Crippen MR) is 394 cm³/mol. The van der Waals surface area contributed by atoms with Gasteiger partial charge in [0.25, 0.3) is 7.82 Å². The fourth-order valence-electron chi connectivity index (χ4n) is 10.9. The van der Waals surface area contributed by atoms with E-state index in [9.17, 15) is 19.4 Å². The van der Waals surface area contributed by atoms with Gasteiger partial charge in [-0.05, 0) is 89.9 Å². The molecule has 0 saturated carbocycles. The van der Waals surface area contributed by atoms with Crippen LogP contribution < -0.4 is 10.2 Å². The van der Waals surface area contributed by atoms with Gasteiger partial charge < -0.3 is 28.8 Å². The van der Waals surface area contributed by atoms with E-state index in [0.717, 1.165) is 109 Å². The number of likely N-dealkylation sites (N-methyl/N-ethyl adjacent to an activating group) is 1. The van der Waals surface area contributed by atoms with Crippen molar-refractivity contribution in [1.82, 2.24) is 5.32 Å². The van der Waals surface area contributed by atoms with Crippen LogP contribution in [-0.4, -0.2) is 68.5 Å². The molecule has 0 bridgehead atoms. The van der Waals surface area contributed by atoms with E-state index in [1.165, 1.54) is 199 Å². The summed E-state index contributed by atoms with van der Waals surface area (Å²) in [5.74, 6) is -0.173. The lowest BCUT2D eigenvalue weighted by atomic mass is 10.0. The molecule has 8 nitrogen and oxygen atoms in total. The Kier molecular flexibility index (Phi) is 67.8. The van der Waals surface area contributed by atoms with Crippen LogP contribution in [0.15, 0.2) is 122 Å². The van der Waals surface area contributed by atoms with Crippen LogP contribution in [0.25, 0.3) is 0 Å². The minimum absolute atomic E-state index is 0.00561. The van der Waals surface area contributed by atoms with E-state index in [1.807, 2.05) is 21.1 Å². The number of amides is 1. The van der Waals surface area contributed by atoms with Crippen molar-refractivity contribution in [3.8, 4) is 0 Å². The van der Waals surface area contributed by atoms with Crippen molar-refractivity contribution in [2.24, 2.45) is 0 Å². The number of carbonyl (C=O) groups is 1. The van der Waals surface area contributed by atoms with E-state index in [-0.39, 0.29) is 19.1 Å². The van der Waals surface area contributed by atoms with Crippen LogP contribution in [0.3, 0.4) is 0 Å². The lowest BCUT2D eigenvalue weighted by Gasteiger charge is -2.30. The molecule has 2 N–H and O–H groups in total. The molecule has 0 fully saturated rings. The topological polar surface area (TPSA) is 108 Å². The fourth-order valence-corrected chi connectivity index (χ4v) is 11.6. The number of aliphatic hydroxyl groups excluding tert-OH is 1. The van der Waals surface area contributed by atoms with Crippen LogP contribution in [0.2, 0.25) is 0 Å². The smallest absolute Gasteiger partial charge is 0.268 e. The summed E-state index contributed by atoms with van der Waals surface area (Å²) in [4.78, 5) is 25.7. The molecule has 0 aliphatic heterocycles. The molecule has 0 aliphatic rings. The summed E-state index contributed by atoms with van der Waals surface area (Å²) in [6.07, 6.45) is 104. The summed E-state index contributed by atoms with van der Waals surface area (Å²) >= 11 is 0. The van der Waals surface area contributed by atoms with Crippen LogP contribution in [0.5, 0.6) is 0 Å². The number of nitrogens with one attached hydrogen (secondary N) is 1. The Morgan fingerprint density at radius 2 is 0.678 bits per heavy atom. The van der Waals surface area contributed by atoms with Gasteiger partial charge in [-0.2, -0.15) is 0 Å². The quantitative estimate of drug-likeness (QED) is 0.0272. The first-order chi connectivity index (χ1) is 44.0. The zero-order valence-corrected chi connectivity index (χ0v) is 60.5. The Morgan fingerprint density at radius 3 is 0.989 bits per heavy atom. The zero-order chi connectivity index (χ0) is 65.5. The first kappa shape index (κ1) is 86.9. The molecule has 0 heterocycles. The highest BCUT2D eigenvalue weighted by Gasteiger charge is 2.24. The molecule has 9 heteroatoms. The maximum atomic E-state index is 13.1. The van der Waals surface area contributed by atoms with E-state index >= 15 is 0 Å². The van der Waals surface area contributed by atoms with Crippen molar-refractivity contribution in [3.05, 3.63) is 122 Å². The number of hydrogen-bond acceptors (Lipinski definition) is 6. The minimum Gasteiger partial charge on any atom is -0.756 e. The average molecular weight is 1270 g/mol. The summed E-state index contributed by atoms with van der Waals surface area (Å²) in [5, 5.41) is 14.1. The number of quaternary nitrogens is 1. The lowest BCUT2D eigenvalue weighted by molar-refractivity contribution is -0.870. The van der Waals surface area contributed by atoms with Gasteiger partial charge in [0, 0.05) is 6.42 Å². The molecule has 0 rings (SSSR count). The summed E-state index contributed by atoms with van der Waals surface area (Å²) in [5.41, 5.74) is 0. The number of phosphoric ester groups is 1. The first-order valence-corrected chi connectivity index (χ1v) is 39.3. The van der Waals surface area contributed by atoms with E-state index in [2.05, 4.69) is 141 Å². The van der Waals surface area contributed by atoms with Crippen LogP contribution in [0, 0.1) is 0 Å². The Morgan fingerprint density at radius 1 is 0.400 bits per heavy atom. The molecule has 0 aliphatic carbocycles. The third-order valence-electron chi connectivity index (χ3n) is 16.7. The van der Waals surface area contributed by atoms with E-state index in [1.54, 1.807) is 0 Å². The highest BCUT2D eigenvalue weighted by atomic mass is 31.2. The summed E-state index contributed by atoms with van der Waals surface area (Å²) in [6, 6.07) is -0.816. The summed E-state index contributed by atoms with van der Waals surface area (Å²) in [7, 11) is 1.29. The number of aliphatic hydroxyl groups is 1. The van der Waals surface area contributed by atoms with Crippen molar-refractivity contribution in [1.29, 1.82) is 0 Å². The Bertz CT molecular complexity index is 1890. The molecular formula is C81H145N2O6P. The maximum absolute atomic E-state index is 13.1. The largest absolute Gasteiger partial charge is 0.756 e. The second-order valence-electron chi connectivity index (χ2n) is 26.6. The van der Waals surface area contributed by atoms with Gasteiger partial charge in [-0.15, -0.1) is 0 Å². The number of hydrogen-bond donors (Lipinski definition) is 2. The van der Waals surface area contributed by atoms with Gasteiger partial charge in [-0.1, -0.05) is 360 Å². The molecule has 0 saturated heterocycles. The van der Waals surface area contributed by atoms with Gasteiger partial charge in [-0.25, -0.2) is 0 Å². The highest BCUT2D eigenvalue weighted by Crippen LogP contribution is 2.38. The van der Waals surface area contributed by atoms with Crippen molar-refractivity contribution < 1.29 is 32.9 Å². The van der Waals surface area contributed by atoms with Gasteiger partial charge in [0.15, 0.2) is 0 Å². The monoisotopic (exact) mass is 1270 g/mol. The molecule has 90 heavy (non-hydrogen) atoms. The first-order valence-electron chi connectivity index (χ1n) is 37.9. The number of carbonyl (C=O) groups excluding carboxylic acids is 1. The number of nitrogens with zero attached hydrogens (tertiary/aromatic N) is 1. The van der Waals surface area contributed by atoms with Crippen molar-refractivity contribution in [3.63, 3.8) is 0 Å². The third-order valence-corrected chi connectivity index (χ3v) is 17.7. The van der Waals surface area contributed by atoms with Crippen molar-refractivity contribution >= 4 is 13.7 Å². The predicted octanol–water partition coefficient (Wildman–Crippen LogP) is 24.1. The second-order valence-corrected chi connectivity index (χ2v) is 28.0. The molecule has 3 unspecified atom stereocenters. The second kappa shape index (κ2) is 70.2. The molecule has 0 radical (unpaired) electrons. The van der Waals surface area contributed by atoms with Gasteiger partial charge in [0.1, 0.15) is 13.2 Å². The molecule has 0 aromatic heterocycles. The molecule has 0 spiro atoms. The van der Waals surface area contributed by atoms with Crippen LogP contribution in [0.1, 0.15) is 335 Å². The number of phosphoric acid groups is 1. The van der Waals surface area contributed by atoms with Gasteiger partial charge in [0.2, 0.25) is 5.91 Å². The molecular weight excluding hydrogens is 1130 g/mol. The van der Waals surface area contributed by atoms with E-state index in [4.69, 9.17) is 9.05 Å². The Balaban J connectivity index is 4.08. The standard InChI is InChI=1S/C81H145N2O6P/c1-6-8-10-12-14-16-18-20-22-24-26-28-30-32-34-36-37-38-39-40-41-42-43-44-45-47-49-51-53-55-57-59-61-63-65-67-69-71-73-75-81(85)82-79(78-89-90(86,87)88-77-76-83(3,4)5)80(84)74-72-70-68-66-64-62-60-58-56-54-52-50-48-46-35-33-31-29-27-25-23-21-19-17-15-13-11-9-7-2/h8,10,14,16,20,22,26,28,32,34,37-38,40-41,43-44,47,49,53,55,79-80,84H,6-7,9,11-13,15,17-19,21,23-25,27,29-31,33,35-36,39,42,45-46,48,50-52,54,56-78H2,1-5H3,(H-,82,85,86,87)/b10-8-,16-14-,22-20-,28-26-,34-32-,38-37-,41-40-,44-43-,49-47-,55-53-. The highest BCUT2D eigenvalue weighted by molar-refractivity contribution is 7.45. The minimum atomic E-state index is -4.59. The summed E-state index contributed by atoms with van der Waals surface area (Å²) < 4.78 is 23.6. The van der Waals surface area contributed by atoms with Crippen LogP contribution in [-0.2, 0) is 18.4 Å². The molecule has 0 aromatic carbocycles. The molecule has 520 valence electrons. The Hall–Kier alpha value is -3.10. The van der Waals surface area contributed by atoms with Crippen LogP contribution >= 0.6 is 7.82 Å². The molecule has 3 atom stereocenters. The SMILES string of the molecule is CC/C=C\C/C=C\C/C=C\C/C=C\C/C=C\C/C=C\C/C=C\C/C=C\C/C=C\C/C=C\CCCCCCCCCCC(=O)NC(COP(=O)([O-])OCC[N+](C)(C)C)C(O)CCCCCCCCCCCCCCCCCCCCCCCCCCCCCCC. The van der Waals surface area contributed by atoms with Gasteiger partial charge >= 0.3 is 0 Å². The lowest BCUT2D eigenvalue weighted by Crippen LogP contribution is -2.46. The number of rotatable bonds is 69. The number of allylic oxidation sites excluding steroid dienone is 20. The van der Waals surface area contributed by atoms with Crippen LogP contribution in [0.4, 0.5) is 0 Å². The van der Waals surface area contributed by atoms with Crippen molar-refractivity contribution in [2.75, 3.05) is 40.9 Å². The maximum Gasteiger partial charge on any atom is 0.268 e. The molecule has 0 aromatic rings. The van der Waals surface area contributed by atoms with Gasteiger partial charge in [-0.3, -0.25) is 9.36 Å². The Labute approximate surface area is 558 Å². The number of unbranched alkanes of at least 4 members (excludes halogenated alkanes) is 36. The average Bonchev–Trinajstić information content (AvgIpc) is 3.72. The normalized spacial score (nSPS) is 14.3. The van der Waals surface area contributed by atoms with Crippen molar-refractivity contribution in [2.45, 2.75) is 347 Å². The fraction of sp³-hybridized carbons (Fsp3) is 0.741. The zero-order valence-electron chi connectivity index (χ0n) is 59.6. The van der Waals surface area contributed by atoms with E-state index < -0.39 is 20.0 Å². The third kappa shape index (κ3) is 72.3. The molecule has 1 amide bonds. The summed E-state index contributed by atoms with van der Waals surface area (Å²) in [6.45, 7) is 4.63. The van der Waals surface area contributed by atoms with E-state index in [0.29, 0.717) is 23.9 Å².